The normalized spacial score (nSPS) is 21.0. The Morgan fingerprint density at radius 2 is 2.04 bits per heavy atom. The van der Waals surface area contributed by atoms with E-state index in [-0.39, 0.29) is 18.6 Å². The molecule has 1 heterocycles. The van der Waals surface area contributed by atoms with Crippen LogP contribution in [0.5, 0.6) is 5.75 Å². The highest BCUT2D eigenvalue weighted by atomic mass is 16.5. The minimum absolute atomic E-state index is 0.206. The van der Waals surface area contributed by atoms with Crippen molar-refractivity contribution in [2.45, 2.75) is 26.3 Å². The number of carbonyl (C=O) groups excluding carboxylic acids is 1. The van der Waals surface area contributed by atoms with Crippen molar-refractivity contribution in [3.05, 3.63) is 29.8 Å². The molecule has 0 saturated carbocycles. The van der Waals surface area contributed by atoms with Gasteiger partial charge in [0, 0.05) is 20.2 Å². The number of aliphatic carboxylic acids is 1. The predicted octanol–water partition coefficient (Wildman–Crippen LogP) is 2.28. The summed E-state index contributed by atoms with van der Waals surface area (Å²) in [4.78, 5) is 25.4. The number of carboxylic acid groups (broad SMARTS) is 1. The highest BCUT2D eigenvalue weighted by Crippen LogP contribution is 2.30. The van der Waals surface area contributed by atoms with Crippen molar-refractivity contribution in [2.24, 2.45) is 5.41 Å². The fraction of sp³-hybridized carbons (Fsp3) is 0.556. The molecular formula is C18H26N2O5. The third kappa shape index (κ3) is 4.63. The minimum Gasteiger partial charge on any atom is -0.494 e. The summed E-state index contributed by atoms with van der Waals surface area (Å²) in [7, 11) is 1.57. The van der Waals surface area contributed by atoms with Crippen LogP contribution < -0.4 is 10.1 Å². The maximum absolute atomic E-state index is 12.5. The Bertz CT molecular complexity index is 604. The zero-order valence-corrected chi connectivity index (χ0v) is 14.9. The second-order valence-corrected chi connectivity index (χ2v) is 6.50. The SMILES string of the molecule is CCOc1ccc(C(COC)NC(=O)N2CCC(C)(C(=O)O)C2)cc1. The van der Waals surface area contributed by atoms with Gasteiger partial charge in [0.05, 0.1) is 24.7 Å². The average molecular weight is 350 g/mol. The fourth-order valence-electron chi connectivity index (χ4n) is 2.90. The van der Waals surface area contributed by atoms with E-state index < -0.39 is 11.4 Å². The molecule has 1 aliphatic heterocycles. The minimum atomic E-state index is -0.882. The van der Waals surface area contributed by atoms with E-state index >= 15 is 0 Å². The fourth-order valence-corrected chi connectivity index (χ4v) is 2.90. The van der Waals surface area contributed by atoms with E-state index in [1.165, 1.54) is 0 Å². The topological polar surface area (TPSA) is 88.1 Å². The van der Waals surface area contributed by atoms with E-state index in [0.717, 1.165) is 11.3 Å². The first-order chi connectivity index (χ1) is 11.9. The van der Waals surface area contributed by atoms with Gasteiger partial charge >= 0.3 is 12.0 Å². The van der Waals surface area contributed by atoms with Crippen LogP contribution in [0, 0.1) is 5.41 Å². The number of likely N-dealkylation sites (tertiary alicyclic amines) is 1. The number of hydrogen-bond acceptors (Lipinski definition) is 4. The van der Waals surface area contributed by atoms with Gasteiger partial charge in [0.1, 0.15) is 5.75 Å². The molecule has 2 amide bonds. The Morgan fingerprint density at radius 3 is 2.56 bits per heavy atom. The number of urea groups is 1. The molecule has 0 bridgehead atoms. The molecular weight excluding hydrogens is 324 g/mol. The lowest BCUT2D eigenvalue weighted by atomic mass is 9.90. The van der Waals surface area contributed by atoms with Crippen molar-refractivity contribution in [1.29, 1.82) is 0 Å². The number of amides is 2. The maximum Gasteiger partial charge on any atom is 0.317 e. The molecule has 1 aromatic carbocycles. The zero-order chi connectivity index (χ0) is 18.4. The van der Waals surface area contributed by atoms with Gasteiger partial charge in [-0.15, -0.1) is 0 Å². The summed E-state index contributed by atoms with van der Waals surface area (Å²) in [5, 5.41) is 12.2. The average Bonchev–Trinajstić information content (AvgIpc) is 2.99. The van der Waals surface area contributed by atoms with Crippen LogP contribution in [0.15, 0.2) is 24.3 Å². The summed E-state index contributed by atoms with van der Waals surface area (Å²) in [5.41, 5.74) is 0.0200. The summed E-state index contributed by atoms with van der Waals surface area (Å²) in [6.07, 6.45) is 0.452. The molecule has 25 heavy (non-hydrogen) atoms. The molecule has 2 unspecified atom stereocenters. The Labute approximate surface area is 147 Å². The molecule has 1 fully saturated rings. The molecule has 138 valence electrons. The van der Waals surface area contributed by atoms with Crippen LogP contribution >= 0.6 is 0 Å². The van der Waals surface area contributed by atoms with Gasteiger partial charge in [-0.1, -0.05) is 12.1 Å². The van der Waals surface area contributed by atoms with Crippen molar-refractivity contribution >= 4 is 12.0 Å². The molecule has 2 atom stereocenters. The number of benzene rings is 1. The number of methoxy groups -OCH3 is 1. The van der Waals surface area contributed by atoms with E-state index in [2.05, 4.69) is 5.32 Å². The van der Waals surface area contributed by atoms with Crippen molar-refractivity contribution < 1.29 is 24.2 Å². The van der Waals surface area contributed by atoms with E-state index in [0.29, 0.717) is 26.2 Å². The molecule has 7 nitrogen and oxygen atoms in total. The van der Waals surface area contributed by atoms with Crippen LogP contribution in [0.25, 0.3) is 0 Å². The molecule has 2 rings (SSSR count). The maximum atomic E-state index is 12.5. The highest BCUT2D eigenvalue weighted by Gasteiger charge is 2.42. The molecule has 1 aromatic rings. The van der Waals surface area contributed by atoms with Gasteiger partial charge in [-0.3, -0.25) is 4.79 Å². The first-order valence-electron chi connectivity index (χ1n) is 8.40. The monoisotopic (exact) mass is 350 g/mol. The quantitative estimate of drug-likeness (QED) is 0.788. The van der Waals surface area contributed by atoms with Crippen molar-refractivity contribution in [3.8, 4) is 5.75 Å². The van der Waals surface area contributed by atoms with E-state index in [1.807, 2.05) is 31.2 Å². The number of rotatable bonds is 7. The number of ether oxygens (including phenoxy) is 2. The standard InChI is InChI=1S/C18H26N2O5/c1-4-25-14-7-5-13(6-8-14)15(11-24-3)19-17(23)20-10-9-18(2,12-20)16(21)22/h5-8,15H,4,9-12H2,1-3H3,(H,19,23)(H,21,22). The molecule has 0 aliphatic carbocycles. The van der Waals surface area contributed by atoms with Gasteiger partial charge in [-0.25, -0.2) is 4.79 Å². The van der Waals surface area contributed by atoms with Crippen molar-refractivity contribution in [1.82, 2.24) is 10.2 Å². The lowest BCUT2D eigenvalue weighted by Gasteiger charge is -2.24. The van der Waals surface area contributed by atoms with Crippen molar-refractivity contribution in [3.63, 3.8) is 0 Å². The van der Waals surface area contributed by atoms with Crippen molar-refractivity contribution in [2.75, 3.05) is 33.4 Å². The number of hydrogen-bond donors (Lipinski definition) is 2. The second kappa shape index (κ2) is 8.20. The van der Waals surface area contributed by atoms with Gasteiger partial charge in [-0.2, -0.15) is 0 Å². The molecule has 1 saturated heterocycles. The van der Waals surface area contributed by atoms with Crippen LogP contribution in [0.4, 0.5) is 4.79 Å². The summed E-state index contributed by atoms with van der Waals surface area (Å²) >= 11 is 0. The molecule has 1 aliphatic rings. The number of nitrogens with one attached hydrogen (secondary N) is 1. The largest absolute Gasteiger partial charge is 0.494 e. The Balaban J connectivity index is 2.03. The summed E-state index contributed by atoms with van der Waals surface area (Å²) in [6.45, 7) is 5.14. The Hall–Kier alpha value is -2.28. The third-order valence-corrected chi connectivity index (χ3v) is 4.50. The lowest BCUT2D eigenvalue weighted by molar-refractivity contribution is -0.147. The van der Waals surface area contributed by atoms with E-state index in [1.54, 1.807) is 18.9 Å². The van der Waals surface area contributed by atoms with Crippen LogP contribution in [-0.2, 0) is 9.53 Å². The zero-order valence-electron chi connectivity index (χ0n) is 14.9. The van der Waals surface area contributed by atoms with Gasteiger partial charge in [0.25, 0.3) is 0 Å². The molecule has 2 N–H and O–H groups in total. The first kappa shape index (κ1) is 19.1. The predicted molar refractivity (Wildman–Crippen MR) is 92.7 cm³/mol. The Kier molecular flexibility index (Phi) is 6.25. The lowest BCUT2D eigenvalue weighted by Crippen LogP contribution is -2.43. The highest BCUT2D eigenvalue weighted by molar-refractivity contribution is 5.79. The van der Waals surface area contributed by atoms with Crippen LogP contribution in [0.1, 0.15) is 31.9 Å². The molecule has 0 aromatic heterocycles. The van der Waals surface area contributed by atoms with E-state index in [4.69, 9.17) is 9.47 Å². The first-order valence-corrected chi connectivity index (χ1v) is 8.40. The summed E-state index contributed by atoms with van der Waals surface area (Å²) in [6, 6.07) is 6.89. The number of carbonyl (C=O) groups is 2. The van der Waals surface area contributed by atoms with Crippen LogP contribution in [0.3, 0.4) is 0 Å². The Morgan fingerprint density at radius 1 is 1.36 bits per heavy atom. The summed E-state index contributed by atoms with van der Waals surface area (Å²) < 4.78 is 10.6. The van der Waals surface area contributed by atoms with Crippen LogP contribution in [0.2, 0.25) is 0 Å². The number of carboxylic acids is 1. The van der Waals surface area contributed by atoms with E-state index in [9.17, 15) is 14.7 Å². The van der Waals surface area contributed by atoms with Gasteiger partial charge in [-0.05, 0) is 38.0 Å². The molecule has 0 radical (unpaired) electrons. The molecule has 0 spiro atoms. The third-order valence-electron chi connectivity index (χ3n) is 4.50. The second-order valence-electron chi connectivity index (χ2n) is 6.50. The van der Waals surface area contributed by atoms with Gasteiger partial charge < -0.3 is 24.8 Å². The smallest absolute Gasteiger partial charge is 0.317 e. The summed E-state index contributed by atoms with van der Waals surface area (Å²) in [5.74, 6) is -0.103. The van der Waals surface area contributed by atoms with Gasteiger partial charge in [0.15, 0.2) is 0 Å². The molecule has 7 heteroatoms. The number of nitrogens with zero attached hydrogens (tertiary/aromatic N) is 1. The van der Waals surface area contributed by atoms with Gasteiger partial charge in [0.2, 0.25) is 0 Å². The van der Waals surface area contributed by atoms with Crippen LogP contribution in [-0.4, -0.2) is 55.4 Å².